The molecule has 172 valence electrons. The van der Waals surface area contributed by atoms with Crippen LogP contribution in [0.25, 0.3) is 6.08 Å². The fraction of sp³-hybridized carbons (Fsp3) is 0.310. The van der Waals surface area contributed by atoms with Gasteiger partial charge in [-0.1, -0.05) is 48.1 Å². The number of hydrogen-bond acceptors (Lipinski definition) is 3. The summed E-state index contributed by atoms with van der Waals surface area (Å²) in [6.45, 7) is 12.9. The number of nitrogens with two attached hydrogens (primary N) is 1. The van der Waals surface area contributed by atoms with E-state index in [9.17, 15) is 0 Å². The van der Waals surface area contributed by atoms with Gasteiger partial charge in [0.2, 0.25) is 0 Å². The van der Waals surface area contributed by atoms with Crippen LogP contribution in [-0.4, -0.2) is 6.61 Å². The molecule has 2 aromatic rings. The van der Waals surface area contributed by atoms with E-state index in [0.29, 0.717) is 6.61 Å². The van der Waals surface area contributed by atoms with E-state index < -0.39 is 0 Å². The summed E-state index contributed by atoms with van der Waals surface area (Å²) >= 11 is 0. The first-order valence-corrected chi connectivity index (χ1v) is 11.2. The van der Waals surface area contributed by atoms with Crippen LogP contribution in [-0.2, 0) is 0 Å². The van der Waals surface area contributed by atoms with Crippen molar-refractivity contribution in [3.8, 4) is 11.5 Å². The Hall–Kier alpha value is -3.20. The van der Waals surface area contributed by atoms with Gasteiger partial charge in [-0.2, -0.15) is 0 Å². The van der Waals surface area contributed by atoms with Crippen molar-refractivity contribution < 1.29 is 9.47 Å². The fourth-order valence-electron chi connectivity index (χ4n) is 2.57. The van der Waals surface area contributed by atoms with Crippen LogP contribution in [0.15, 0.2) is 84.2 Å². The van der Waals surface area contributed by atoms with Gasteiger partial charge in [-0.05, 0) is 95.9 Å². The van der Waals surface area contributed by atoms with Crippen LogP contribution in [0.5, 0.6) is 11.5 Å². The number of anilines is 1. The lowest BCUT2D eigenvalue weighted by Crippen LogP contribution is -1.99. The maximum atomic E-state index is 6.10. The number of nitrogen functional groups attached to an aromatic ring is 1. The standard InChI is InChI=1S/C25H31NO2.C4H8/c1-5-19(3)8-7-17-27-24-15-9-20(4)25(18-24)28-23(6-2)16-12-21-10-13-22(26)14-11-21;1-3-4-2/h5-6,9-16,18H,7-8,17,26H2,1-4H3;3-4H,1-2H3/b16-12+,19-5+,23-6-;4-3-. The Labute approximate surface area is 195 Å². The summed E-state index contributed by atoms with van der Waals surface area (Å²) in [6, 6.07) is 13.7. The zero-order chi connectivity index (χ0) is 23.8. The van der Waals surface area contributed by atoms with Crippen molar-refractivity contribution in [2.75, 3.05) is 12.3 Å². The molecule has 2 N–H and O–H groups in total. The fourth-order valence-corrected chi connectivity index (χ4v) is 2.57. The van der Waals surface area contributed by atoms with Crippen LogP contribution in [0.2, 0.25) is 0 Å². The van der Waals surface area contributed by atoms with Crippen LogP contribution >= 0.6 is 0 Å². The zero-order valence-electron chi connectivity index (χ0n) is 20.5. The monoisotopic (exact) mass is 433 g/mol. The van der Waals surface area contributed by atoms with Gasteiger partial charge in [-0.25, -0.2) is 0 Å². The molecular weight excluding hydrogens is 394 g/mol. The highest BCUT2D eigenvalue weighted by molar-refractivity contribution is 5.55. The minimum absolute atomic E-state index is 0.696. The van der Waals surface area contributed by atoms with Crippen molar-refractivity contribution in [1.29, 1.82) is 0 Å². The minimum Gasteiger partial charge on any atom is -0.493 e. The molecule has 0 atom stereocenters. The molecule has 0 aliphatic rings. The molecule has 0 aliphatic heterocycles. The summed E-state index contributed by atoms with van der Waals surface area (Å²) in [7, 11) is 0. The second kappa shape index (κ2) is 15.6. The van der Waals surface area contributed by atoms with Gasteiger partial charge in [-0.3, -0.25) is 0 Å². The molecule has 0 spiro atoms. The number of aryl methyl sites for hydroxylation is 1. The molecule has 0 saturated heterocycles. The summed E-state index contributed by atoms with van der Waals surface area (Å²) in [5, 5.41) is 0. The smallest absolute Gasteiger partial charge is 0.134 e. The van der Waals surface area contributed by atoms with Gasteiger partial charge >= 0.3 is 0 Å². The molecule has 32 heavy (non-hydrogen) atoms. The molecule has 0 amide bonds. The van der Waals surface area contributed by atoms with Crippen molar-refractivity contribution in [2.45, 2.75) is 54.4 Å². The Morgan fingerprint density at radius 1 is 0.938 bits per heavy atom. The highest BCUT2D eigenvalue weighted by Crippen LogP contribution is 2.26. The van der Waals surface area contributed by atoms with Gasteiger partial charge in [0.25, 0.3) is 0 Å². The summed E-state index contributed by atoms with van der Waals surface area (Å²) in [5.74, 6) is 2.41. The average Bonchev–Trinajstić information content (AvgIpc) is 2.82. The van der Waals surface area contributed by atoms with E-state index in [1.54, 1.807) is 0 Å². The van der Waals surface area contributed by atoms with Gasteiger partial charge < -0.3 is 15.2 Å². The Morgan fingerprint density at radius 2 is 1.62 bits per heavy atom. The molecule has 0 aliphatic carbocycles. The molecule has 0 unspecified atom stereocenters. The molecule has 0 radical (unpaired) electrons. The molecule has 0 bridgehead atoms. The SMILES string of the molecule is C/C=C(/C=C/c1ccc(N)cc1)Oc1cc(OCCC/C(C)=C/C)ccc1C.C/C=C\C. The number of rotatable bonds is 9. The third-order valence-corrected chi connectivity index (χ3v) is 4.86. The zero-order valence-corrected chi connectivity index (χ0v) is 20.5. The van der Waals surface area contributed by atoms with Crippen molar-refractivity contribution in [2.24, 2.45) is 0 Å². The first-order chi connectivity index (χ1) is 15.4. The molecule has 0 saturated carbocycles. The third-order valence-electron chi connectivity index (χ3n) is 4.86. The van der Waals surface area contributed by atoms with Crippen LogP contribution in [0, 0.1) is 6.92 Å². The number of benzene rings is 2. The predicted molar refractivity (Wildman–Crippen MR) is 140 cm³/mol. The molecular formula is C29H39NO2. The van der Waals surface area contributed by atoms with E-state index in [0.717, 1.165) is 46.9 Å². The van der Waals surface area contributed by atoms with E-state index in [2.05, 4.69) is 19.9 Å². The summed E-state index contributed by atoms with van der Waals surface area (Å²) < 4.78 is 12.0. The lowest BCUT2D eigenvalue weighted by atomic mass is 10.1. The second-order valence-corrected chi connectivity index (χ2v) is 7.47. The quantitative estimate of drug-likeness (QED) is 0.142. The number of hydrogen-bond donors (Lipinski definition) is 1. The van der Waals surface area contributed by atoms with Crippen LogP contribution in [0.3, 0.4) is 0 Å². The molecule has 0 heterocycles. The van der Waals surface area contributed by atoms with E-state index in [4.69, 9.17) is 15.2 Å². The van der Waals surface area contributed by atoms with Gasteiger partial charge in [-0.15, -0.1) is 0 Å². The Bertz CT molecular complexity index is 915. The maximum Gasteiger partial charge on any atom is 0.134 e. The topological polar surface area (TPSA) is 44.5 Å². The normalized spacial score (nSPS) is 12.1. The predicted octanol–water partition coefficient (Wildman–Crippen LogP) is 8.28. The van der Waals surface area contributed by atoms with Gasteiger partial charge in [0.1, 0.15) is 17.3 Å². The van der Waals surface area contributed by atoms with Gasteiger partial charge in [0.15, 0.2) is 0 Å². The van der Waals surface area contributed by atoms with Crippen LogP contribution in [0.4, 0.5) is 5.69 Å². The first kappa shape index (κ1) is 26.8. The highest BCUT2D eigenvalue weighted by Gasteiger charge is 2.05. The van der Waals surface area contributed by atoms with E-state index in [1.807, 2.05) is 101 Å². The van der Waals surface area contributed by atoms with Gasteiger partial charge in [0.05, 0.1) is 6.61 Å². The first-order valence-electron chi connectivity index (χ1n) is 11.2. The summed E-state index contributed by atoms with van der Waals surface area (Å²) in [4.78, 5) is 0. The minimum atomic E-state index is 0.696. The summed E-state index contributed by atoms with van der Waals surface area (Å²) in [6.07, 6.45) is 14.1. The Morgan fingerprint density at radius 3 is 2.22 bits per heavy atom. The summed E-state index contributed by atoms with van der Waals surface area (Å²) in [5.41, 5.74) is 10.0. The lowest BCUT2D eigenvalue weighted by molar-refractivity contribution is 0.309. The number of allylic oxidation sites excluding steroid dienone is 6. The Kier molecular flexibility index (Phi) is 13.1. The molecule has 0 aromatic heterocycles. The molecule has 2 rings (SSSR count). The second-order valence-electron chi connectivity index (χ2n) is 7.47. The average molecular weight is 434 g/mol. The van der Waals surface area contributed by atoms with E-state index >= 15 is 0 Å². The number of ether oxygens (including phenoxy) is 2. The molecule has 3 heteroatoms. The molecule has 2 aromatic carbocycles. The molecule has 3 nitrogen and oxygen atoms in total. The van der Waals surface area contributed by atoms with Crippen LogP contribution < -0.4 is 15.2 Å². The Balaban J connectivity index is 0.00000118. The van der Waals surface area contributed by atoms with Gasteiger partial charge in [0, 0.05) is 11.8 Å². The van der Waals surface area contributed by atoms with Crippen LogP contribution in [0.1, 0.15) is 58.6 Å². The lowest BCUT2D eigenvalue weighted by Gasteiger charge is -2.12. The molecule has 0 fully saturated rings. The van der Waals surface area contributed by atoms with Crippen molar-refractivity contribution in [3.05, 3.63) is 95.3 Å². The largest absolute Gasteiger partial charge is 0.493 e. The maximum absolute atomic E-state index is 6.10. The van der Waals surface area contributed by atoms with Crippen molar-refractivity contribution in [3.63, 3.8) is 0 Å². The highest BCUT2D eigenvalue weighted by atomic mass is 16.5. The van der Waals surface area contributed by atoms with E-state index in [1.165, 1.54) is 5.57 Å². The van der Waals surface area contributed by atoms with Crippen molar-refractivity contribution in [1.82, 2.24) is 0 Å². The van der Waals surface area contributed by atoms with Crippen molar-refractivity contribution >= 4 is 11.8 Å². The van der Waals surface area contributed by atoms with E-state index in [-0.39, 0.29) is 0 Å². The third kappa shape index (κ3) is 10.7.